The number of hydrazone groups is 1. The molecule has 0 spiro atoms. The number of hydrogen-bond acceptors (Lipinski definition) is 4. The molecular weight excluding hydrogens is 410 g/mol. The first kappa shape index (κ1) is 19.0. The SMILES string of the molecule is COc1ccc(C=NNC(=O)CNC(=O)c2ccccc2Br)cc1Cl. The number of carbonyl (C=O) groups excluding carboxylic acids is 2. The highest BCUT2D eigenvalue weighted by Gasteiger charge is 2.10. The molecular formula is C17H15BrClN3O3. The topological polar surface area (TPSA) is 79.8 Å². The molecule has 0 radical (unpaired) electrons. The minimum atomic E-state index is -0.448. The third kappa shape index (κ3) is 5.58. The molecule has 6 nitrogen and oxygen atoms in total. The van der Waals surface area contributed by atoms with Gasteiger partial charge in [-0.05, 0) is 51.8 Å². The minimum Gasteiger partial charge on any atom is -0.495 e. The molecule has 2 rings (SSSR count). The third-order valence-electron chi connectivity index (χ3n) is 3.11. The van der Waals surface area contributed by atoms with Crippen LogP contribution in [0, 0.1) is 0 Å². The van der Waals surface area contributed by atoms with Crippen molar-refractivity contribution in [2.75, 3.05) is 13.7 Å². The van der Waals surface area contributed by atoms with Crippen molar-refractivity contribution >= 4 is 45.6 Å². The molecule has 2 aromatic carbocycles. The van der Waals surface area contributed by atoms with Crippen LogP contribution < -0.4 is 15.5 Å². The Morgan fingerprint density at radius 2 is 2.04 bits per heavy atom. The molecule has 0 saturated carbocycles. The number of halogens is 2. The molecule has 0 unspecified atom stereocenters. The van der Waals surface area contributed by atoms with E-state index in [4.69, 9.17) is 16.3 Å². The van der Waals surface area contributed by atoms with Gasteiger partial charge in [-0.2, -0.15) is 5.10 Å². The van der Waals surface area contributed by atoms with Crippen LogP contribution in [0.3, 0.4) is 0 Å². The Hall–Kier alpha value is -2.38. The highest BCUT2D eigenvalue weighted by Crippen LogP contribution is 2.24. The summed E-state index contributed by atoms with van der Waals surface area (Å²) in [6.07, 6.45) is 1.44. The zero-order valence-corrected chi connectivity index (χ0v) is 15.6. The smallest absolute Gasteiger partial charge is 0.259 e. The summed E-state index contributed by atoms with van der Waals surface area (Å²) in [7, 11) is 1.53. The number of amides is 2. The van der Waals surface area contributed by atoms with Gasteiger partial charge >= 0.3 is 0 Å². The average molecular weight is 425 g/mol. The maximum absolute atomic E-state index is 12.0. The summed E-state index contributed by atoms with van der Waals surface area (Å²) in [5, 5.41) is 6.78. The molecule has 130 valence electrons. The van der Waals surface area contributed by atoms with E-state index in [0.717, 1.165) is 0 Å². The predicted octanol–water partition coefficient (Wildman–Crippen LogP) is 2.99. The van der Waals surface area contributed by atoms with Crippen molar-refractivity contribution in [2.45, 2.75) is 0 Å². The lowest BCUT2D eigenvalue weighted by atomic mass is 10.2. The van der Waals surface area contributed by atoms with Crippen LogP contribution in [0.5, 0.6) is 5.75 Å². The van der Waals surface area contributed by atoms with Crippen LogP contribution in [-0.4, -0.2) is 31.7 Å². The quantitative estimate of drug-likeness (QED) is 0.553. The molecule has 2 amide bonds. The second-order valence-corrected chi connectivity index (χ2v) is 6.11. The molecule has 0 bridgehead atoms. The summed E-state index contributed by atoms with van der Waals surface area (Å²) < 4.78 is 5.71. The van der Waals surface area contributed by atoms with Crippen molar-refractivity contribution in [3.05, 3.63) is 63.1 Å². The maximum atomic E-state index is 12.0. The number of ether oxygens (including phenoxy) is 1. The van der Waals surface area contributed by atoms with E-state index in [1.54, 1.807) is 42.5 Å². The van der Waals surface area contributed by atoms with Gasteiger partial charge in [0, 0.05) is 4.47 Å². The highest BCUT2D eigenvalue weighted by molar-refractivity contribution is 9.10. The van der Waals surface area contributed by atoms with Crippen molar-refractivity contribution in [1.82, 2.24) is 10.7 Å². The third-order valence-corrected chi connectivity index (χ3v) is 4.09. The number of rotatable bonds is 6. The molecule has 25 heavy (non-hydrogen) atoms. The van der Waals surface area contributed by atoms with Gasteiger partial charge in [0.2, 0.25) is 0 Å². The van der Waals surface area contributed by atoms with E-state index in [9.17, 15) is 9.59 Å². The Morgan fingerprint density at radius 1 is 1.28 bits per heavy atom. The van der Waals surface area contributed by atoms with Crippen LogP contribution in [-0.2, 0) is 4.79 Å². The molecule has 0 aliphatic carbocycles. The second-order valence-electron chi connectivity index (χ2n) is 4.85. The lowest BCUT2D eigenvalue weighted by molar-refractivity contribution is -0.120. The largest absolute Gasteiger partial charge is 0.495 e. The fourth-order valence-electron chi connectivity index (χ4n) is 1.88. The fraction of sp³-hybridized carbons (Fsp3) is 0.118. The Labute approximate surface area is 158 Å². The molecule has 2 N–H and O–H groups in total. The standard InChI is InChI=1S/C17H15BrClN3O3/c1-25-15-7-6-11(8-14(15)19)9-21-22-16(23)10-20-17(24)12-4-2-3-5-13(12)18/h2-9H,10H2,1H3,(H,20,24)(H,22,23). The molecule has 0 fully saturated rings. The van der Waals surface area contributed by atoms with Crippen LogP contribution in [0.1, 0.15) is 15.9 Å². The van der Waals surface area contributed by atoms with Gasteiger partial charge < -0.3 is 10.1 Å². The monoisotopic (exact) mass is 423 g/mol. The zero-order chi connectivity index (χ0) is 18.2. The van der Waals surface area contributed by atoms with Crippen molar-refractivity contribution < 1.29 is 14.3 Å². The first-order valence-electron chi connectivity index (χ1n) is 7.19. The second kappa shape index (κ2) is 9.19. The molecule has 0 aliphatic rings. The van der Waals surface area contributed by atoms with Crippen LogP contribution in [0.15, 0.2) is 52.0 Å². The van der Waals surface area contributed by atoms with Gasteiger partial charge in [0.05, 0.1) is 30.5 Å². The number of benzene rings is 2. The zero-order valence-electron chi connectivity index (χ0n) is 13.3. The summed E-state index contributed by atoms with van der Waals surface area (Å²) in [6.45, 7) is -0.194. The summed E-state index contributed by atoms with van der Waals surface area (Å²) >= 11 is 9.28. The highest BCUT2D eigenvalue weighted by atomic mass is 79.9. The number of hydrogen-bond donors (Lipinski definition) is 2. The molecule has 8 heteroatoms. The lowest BCUT2D eigenvalue weighted by Crippen LogP contribution is -2.35. The maximum Gasteiger partial charge on any atom is 0.259 e. The summed E-state index contributed by atoms with van der Waals surface area (Å²) in [5.41, 5.74) is 3.48. The lowest BCUT2D eigenvalue weighted by Gasteiger charge is -2.06. The molecule has 2 aromatic rings. The summed E-state index contributed by atoms with van der Waals surface area (Å²) in [6, 6.07) is 12.0. The van der Waals surface area contributed by atoms with E-state index < -0.39 is 5.91 Å². The van der Waals surface area contributed by atoms with Gasteiger partial charge in [0.1, 0.15) is 5.75 Å². The van der Waals surface area contributed by atoms with Gasteiger partial charge in [-0.15, -0.1) is 0 Å². The summed E-state index contributed by atoms with van der Waals surface area (Å²) in [4.78, 5) is 23.7. The van der Waals surface area contributed by atoms with Gasteiger partial charge in [0.25, 0.3) is 11.8 Å². The molecule has 0 heterocycles. The normalized spacial score (nSPS) is 10.5. The van der Waals surface area contributed by atoms with E-state index in [1.165, 1.54) is 13.3 Å². The Morgan fingerprint density at radius 3 is 2.72 bits per heavy atom. The molecule has 0 aromatic heterocycles. The van der Waals surface area contributed by atoms with Crippen LogP contribution in [0.25, 0.3) is 0 Å². The number of nitrogens with zero attached hydrogens (tertiary/aromatic N) is 1. The number of nitrogens with one attached hydrogen (secondary N) is 2. The van der Waals surface area contributed by atoms with Crippen LogP contribution in [0.4, 0.5) is 0 Å². The fourth-order valence-corrected chi connectivity index (χ4v) is 2.61. The van der Waals surface area contributed by atoms with Gasteiger partial charge in [-0.3, -0.25) is 9.59 Å². The van der Waals surface area contributed by atoms with E-state index in [2.05, 4.69) is 31.8 Å². The Balaban J connectivity index is 1.83. The van der Waals surface area contributed by atoms with Gasteiger partial charge in [-0.1, -0.05) is 23.7 Å². The predicted molar refractivity (Wildman–Crippen MR) is 100 cm³/mol. The van der Waals surface area contributed by atoms with E-state index >= 15 is 0 Å². The first-order chi connectivity index (χ1) is 12.0. The number of carbonyl (C=O) groups is 2. The van der Waals surface area contributed by atoms with E-state index in [1.807, 2.05) is 0 Å². The first-order valence-corrected chi connectivity index (χ1v) is 8.36. The summed E-state index contributed by atoms with van der Waals surface area (Å²) in [5.74, 6) is -0.248. The van der Waals surface area contributed by atoms with Gasteiger partial charge in [0.15, 0.2) is 0 Å². The van der Waals surface area contributed by atoms with E-state index in [0.29, 0.717) is 26.4 Å². The van der Waals surface area contributed by atoms with Crippen LogP contribution in [0.2, 0.25) is 5.02 Å². The molecule has 0 atom stereocenters. The molecule has 0 aliphatic heterocycles. The van der Waals surface area contributed by atoms with Crippen molar-refractivity contribution in [3.63, 3.8) is 0 Å². The van der Waals surface area contributed by atoms with Gasteiger partial charge in [-0.25, -0.2) is 5.43 Å². The molecule has 0 saturated heterocycles. The minimum absolute atomic E-state index is 0.194. The number of methoxy groups -OCH3 is 1. The average Bonchev–Trinajstić information content (AvgIpc) is 2.60. The van der Waals surface area contributed by atoms with Crippen molar-refractivity contribution in [2.24, 2.45) is 5.10 Å². The Bertz CT molecular complexity index is 811. The van der Waals surface area contributed by atoms with Crippen molar-refractivity contribution in [1.29, 1.82) is 0 Å². The Kier molecular flexibility index (Phi) is 6.97. The van der Waals surface area contributed by atoms with Crippen molar-refractivity contribution in [3.8, 4) is 5.75 Å². The van der Waals surface area contributed by atoms with E-state index in [-0.39, 0.29) is 12.5 Å². The van der Waals surface area contributed by atoms with Crippen LogP contribution >= 0.6 is 27.5 Å².